The van der Waals surface area contributed by atoms with Crippen molar-refractivity contribution in [3.8, 4) is 11.3 Å². The van der Waals surface area contributed by atoms with E-state index in [0.29, 0.717) is 37.5 Å². The number of anilines is 2. The van der Waals surface area contributed by atoms with Crippen LogP contribution in [0.25, 0.3) is 16.8 Å². The molecule has 1 fully saturated rings. The normalized spacial score (nSPS) is 14.2. The lowest BCUT2D eigenvalue weighted by atomic mass is 10.2. The van der Waals surface area contributed by atoms with E-state index in [1.807, 2.05) is 11.1 Å². The monoisotopic (exact) mass is 479 g/mol. The number of ether oxygens (including phenoxy) is 1. The van der Waals surface area contributed by atoms with E-state index in [1.165, 1.54) is 29.2 Å². The van der Waals surface area contributed by atoms with Gasteiger partial charge in [0.2, 0.25) is 11.9 Å². The van der Waals surface area contributed by atoms with E-state index in [-0.39, 0.29) is 29.4 Å². The van der Waals surface area contributed by atoms with Crippen LogP contribution < -0.4 is 10.6 Å². The van der Waals surface area contributed by atoms with Crippen LogP contribution in [0.5, 0.6) is 0 Å². The molecule has 0 bridgehead atoms. The fourth-order valence-corrected chi connectivity index (χ4v) is 3.72. The van der Waals surface area contributed by atoms with Crippen molar-refractivity contribution >= 4 is 28.7 Å². The Bertz CT molecular complexity index is 1390. The molecule has 180 valence electrons. The summed E-state index contributed by atoms with van der Waals surface area (Å²) in [7, 11) is 1.80. The van der Waals surface area contributed by atoms with E-state index in [2.05, 4.69) is 30.8 Å². The topological polar surface area (TPSA) is 132 Å². The standard InChI is InChI=1S/C22H22FN9O3/c1-30-11-14(7-26-30)18-12-32-19(10-24-18)16(9-27-32)22(34)29-17-6-15(8-25-21(17)23)28-20(33)13-31-2-4-35-5-3-31/h6-12H,2-5,13H2,1H3,(H,28,33)(H,29,34). The zero-order chi connectivity index (χ0) is 24.4. The van der Waals surface area contributed by atoms with Crippen molar-refractivity contribution in [1.29, 1.82) is 0 Å². The predicted octanol–water partition coefficient (Wildman–Crippen LogP) is 1.19. The van der Waals surface area contributed by atoms with E-state index in [1.54, 1.807) is 24.1 Å². The van der Waals surface area contributed by atoms with Gasteiger partial charge in [-0.25, -0.2) is 9.50 Å². The summed E-state index contributed by atoms with van der Waals surface area (Å²) < 4.78 is 22.8. The number of aromatic nitrogens is 6. The van der Waals surface area contributed by atoms with E-state index >= 15 is 0 Å². The molecule has 1 aliphatic rings. The third kappa shape index (κ3) is 5.00. The minimum absolute atomic E-state index is 0.168. The second-order valence-corrected chi connectivity index (χ2v) is 8.02. The fraction of sp³-hybridized carbons (Fsp3) is 0.273. The van der Waals surface area contributed by atoms with Gasteiger partial charge in [0.1, 0.15) is 0 Å². The SMILES string of the molecule is Cn1cc(-c2cn3ncc(C(=O)Nc4cc(NC(=O)CN5CCOCC5)cnc4F)c3cn2)cn1. The van der Waals surface area contributed by atoms with Crippen molar-refractivity contribution in [2.24, 2.45) is 7.05 Å². The number of carbonyl (C=O) groups is 2. The maximum atomic E-state index is 14.3. The third-order valence-corrected chi connectivity index (χ3v) is 5.49. The number of amides is 2. The van der Waals surface area contributed by atoms with E-state index in [4.69, 9.17) is 4.74 Å². The van der Waals surface area contributed by atoms with E-state index in [0.717, 1.165) is 5.56 Å². The molecule has 5 rings (SSSR count). The first-order chi connectivity index (χ1) is 17.0. The molecule has 2 amide bonds. The molecule has 0 saturated carbocycles. The Morgan fingerprint density at radius 2 is 1.89 bits per heavy atom. The molecule has 4 aromatic rings. The molecule has 4 aromatic heterocycles. The number of hydrogen-bond acceptors (Lipinski definition) is 8. The second-order valence-electron chi connectivity index (χ2n) is 8.02. The van der Waals surface area contributed by atoms with E-state index in [9.17, 15) is 14.0 Å². The molecule has 0 atom stereocenters. The number of rotatable bonds is 6. The lowest BCUT2D eigenvalue weighted by Crippen LogP contribution is -2.41. The average Bonchev–Trinajstić information content (AvgIpc) is 3.47. The lowest BCUT2D eigenvalue weighted by molar-refractivity contribution is -0.118. The Hall–Kier alpha value is -4.23. The zero-order valence-electron chi connectivity index (χ0n) is 18.8. The molecule has 0 aliphatic carbocycles. The second kappa shape index (κ2) is 9.56. The molecule has 0 aromatic carbocycles. The molecule has 13 heteroatoms. The van der Waals surface area contributed by atoms with Gasteiger partial charge >= 0.3 is 0 Å². The Balaban J connectivity index is 1.29. The summed E-state index contributed by atoms with van der Waals surface area (Å²) in [5.41, 5.74) is 2.18. The maximum absolute atomic E-state index is 14.3. The van der Waals surface area contributed by atoms with Crippen LogP contribution in [0.4, 0.5) is 15.8 Å². The van der Waals surface area contributed by atoms with Gasteiger partial charge in [0, 0.05) is 31.9 Å². The summed E-state index contributed by atoms with van der Waals surface area (Å²) in [4.78, 5) is 35.2. The Morgan fingerprint density at radius 3 is 2.66 bits per heavy atom. The molecule has 0 spiro atoms. The highest BCUT2D eigenvalue weighted by molar-refractivity contribution is 6.09. The van der Waals surface area contributed by atoms with Gasteiger partial charge in [-0.05, 0) is 6.07 Å². The van der Waals surface area contributed by atoms with Gasteiger partial charge in [-0.3, -0.25) is 24.2 Å². The van der Waals surface area contributed by atoms with Gasteiger partial charge in [-0.15, -0.1) is 0 Å². The molecule has 0 unspecified atom stereocenters. The number of pyridine rings is 1. The highest BCUT2D eigenvalue weighted by Gasteiger charge is 2.18. The summed E-state index contributed by atoms with van der Waals surface area (Å²) in [6.45, 7) is 2.65. The maximum Gasteiger partial charge on any atom is 0.259 e. The lowest BCUT2D eigenvalue weighted by Gasteiger charge is -2.25. The Kier molecular flexibility index (Phi) is 6.16. The van der Waals surface area contributed by atoms with Crippen molar-refractivity contribution in [2.45, 2.75) is 0 Å². The molecular formula is C22H22FN9O3. The van der Waals surface area contributed by atoms with Crippen LogP contribution in [0.3, 0.4) is 0 Å². The fourth-order valence-electron chi connectivity index (χ4n) is 3.72. The van der Waals surface area contributed by atoms with Crippen LogP contribution in [0.15, 0.2) is 43.2 Å². The van der Waals surface area contributed by atoms with Crippen LogP contribution in [0, 0.1) is 5.95 Å². The van der Waals surface area contributed by atoms with Gasteiger partial charge < -0.3 is 15.4 Å². The minimum Gasteiger partial charge on any atom is -0.379 e. The van der Waals surface area contributed by atoms with Gasteiger partial charge in [-0.2, -0.15) is 14.6 Å². The zero-order valence-corrected chi connectivity index (χ0v) is 18.8. The minimum atomic E-state index is -0.877. The number of morpholine rings is 1. The van der Waals surface area contributed by atoms with Gasteiger partial charge in [0.25, 0.3) is 5.91 Å². The number of carbonyl (C=O) groups excluding carboxylic acids is 2. The van der Waals surface area contributed by atoms with Crippen LogP contribution >= 0.6 is 0 Å². The number of halogens is 1. The van der Waals surface area contributed by atoms with Gasteiger partial charge in [0.05, 0.1) is 78.9 Å². The highest BCUT2D eigenvalue weighted by Crippen LogP contribution is 2.21. The Morgan fingerprint density at radius 1 is 1.06 bits per heavy atom. The van der Waals surface area contributed by atoms with Crippen molar-refractivity contribution < 1.29 is 18.7 Å². The summed E-state index contributed by atoms with van der Waals surface area (Å²) in [6.07, 6.45) is 9.25. The van der Waals surface area contributed by atoms with Gasteiger partial charge in [0.15, 0.2) is 0 Å². The summed E-state index contributed by atoms with van der Waals surface area (Å²) >= 11 is 0. The smallest absolute Gasteiger partial charge is 0.259 e. The first kappa shape index (κ1) is 22.6. The summed E-state index contributed by atoms with van der Waals surface area (Å²) in [5.74, 6) is -1.73. The third-order valence-electron chi connectivity index (χ3n) is 5.49. The molecule has 35 heavy (non-hydrogen) atoms. The van der Waals surface area contributed by atoms with Crippen LogP contribution in [0.2, 0.25) is 0 Å². The largest absolute Gasteiger partial charge is 0.379 e. The molecule has 0 radical (unpaired) electrons. The van der Waals surface area contributed by atoms with Crippen molar-refractivity contribution in [3.63, 3.8) is 0 Å². The van der Waals surface area contributed by atoms with E-state index < -0.39 is 11.9 Å². The van der Waals surface area contributed by atoms with Crippen molar-refractivity contribution in [3.05, 3.63) is 54.8 Å². The first-order valence-corrected chi connectivity index (χ1v) is 10.9. The molecular weight excluding hydrogens is 457 g/mol. The predicted molar refractivity (Wildman–Crippen MR) is 123 cm³/mol. The molecule has 1 aliphatic heterocycles. The highest BCUT2D eigenvalue weighted by atomic mass is 19.1. The molecule has 2 N–H and O–H groups in total. The molecule has 12 nitrogen and oxygen atoms in total. The average molecular weight is 479 g/mol. The van der Waals surface area contributed by atoms with Crippen LogP contribution in [-0.2, 0) is 16.6 Å². The summed E-state index contributed by atoms with van der Waals surface area (Å²) in [6, 6.07) is 1.32. The van der Waals surface area contributed by atoms with Gasteiger partial charge in [-0.1, -0.05) is 0 Å². The van der Waals surface area contributed by atoms with Crippen LogP contribution in [-0.4, -0.2) is 78.9 Å². The molecule has 1 saturated heterocycles. The number of fused-ring (bicyclic) bond motifs is 1. The Labute approximate surface area is 198 Å². The number of nitrogens with one attached hydrogen (secondary N) is 2. The van der Waals surface area contributed by atoms with Crippen molar-refractivity contribution in [2.75, 3.05) is 43.5 Å². The molecule has 5 heterocycles. The first-order valence-electron chi connectivity index (χ1n) is 10.9. The quantitative estimate of drug-likeness (QED) is 0.394. The number of aryl methyl sites for hydroxylation is 1. The van der Waals surface area contributed by atoms with Crippen LogP contribution in [0.1, 0.15) is 10.4 Å². The number of nitrogens with zero attached hydrogens (tertiary/aromatic N) is 7. The van der Waals surface area contributed by atoms with Crippen molar-refractivity contribution in [1.82, 2.24) is 34.3 Å². The summed E-state index contributed by atoms with van der Waals surface area (Å²) in [5, 5.41) is 13.5. The number of hydrogen-bond donors (Lipinski definition) is 2.